The van der Waals surface area contributed by atoms with E-state index >= 15 is 0 Å². The molecule has 1 saturated heterocycles. The third-order valence-electron chi connectivity index (χ3n) is 7.41. The third-order valence-corrected chi connectivity index (χ3v) is 8.81. The number of hydrogen-bond acceptors (Lipinski definition) is 6. The van der Waals surface area contributed by atoms with Gasteiger partial charge in [0, 0.05) is 28.5 Å². The number of aryl methyl sites for hydroxylation is 2. The number of anilines is 1. The second-order valence-electron chi connectivity index (χ2n) is 9.62. The van der Waals surface area contributed by atoms with E-state index < -0.39 is 0 Å². The van der Waals surface area contributed by atoms with Crippen LogP contribution in [0.3, 0.4) is 0 Å². The monoisotopic (exact) mass is 554 g/mol. The predicted molar refractivity (Wildman–Crippen MR) is 144 cm³/mol. The summed E-state index contributed by atoms with van der Waals surface area (Å²) in [6.45, 7) is 6.51. The molecule has 1 aromatic heterocycles. The van der Waals surface area contributed by atoms with Gasteiger partial charge in [0.1, 0.15) is 12.4 Å². The molecule has 0 N–H and O–H groups in total. The Bertz CT molecular complexity index is 1210. The second kappa shape index (κ2) is 10.3. The number of fused-ring (bicyclic) bond motifs is 2. The van der Waals surface area contributed by atoms with Gasteiger partial charge < -0.3 is 14.4 Å². The first-order chi connectivity index (χ1) is 17.0. The fourth-order valence-corrected chi connectivity index (χ4v) is 6.88. The quantitative estimate of drug-likeness (QED) is 0.305. The van der Waals surface area contributed by atoms with Gasteiger partial charge in [0.25, 0.3) is 0 Å². The van der Waals surface area contributed by atoms with E-state index in [0.29, 0.717) is 18.4 Å². The van der Waals surface area contributed by atoms with Gasteiger partial charge in [0.05, 0.1) is 18.7 Å². The van der Waals surface area contributed by atoms with E-state index in [4.69, 9.17) is 14.5 Å². The van der Waals surface area contributed by atoms with E-state index in [-0.39, 0.29) is 11.9 Å². The molecule has 2 atom stereocenters. The summed E-state index contributed by atoms with van der Waals surface area (Å²) in [5, 5.41) is 3.15. The van der Waals surface area contributed by atoms with Crippen LogP contribution in [-0.2, 0) is 22.6 Å². The summed E-state index contributed by atoms with van der Waals surface area (Å²) in [7, 11) is 1.50. The fourth-order valence-electron chi connectivity index (χ4n) is 5.62. The third kappa shape index (κ3) is 4.98. The molecule has 2 aliphatic rings. The van der Waals surface area contributed by atoms with Gasteiger partial charge in [-0.25, -0.2) is 4.98 Å². The van der Waals surface area contributed by atoms with Crippen LogP contribution in [0.4, 0.5) is 5.13 Å². The number of rotatable bonds is 7. The van der Waals surface area contributed by atoms with Crippen molar-refractivity contribution in [2.75, 3.05) is 25.1 Å². The molecule has 184 valence electrons. The lowest BCUT2D eigenvalue weighted by molar-refractivity contribution is -0.148. The number of thiazole rings is 1. The highest BCUT2D eigenvalue weighted by atomic mass is 79.9. The van der Waals surface area contributed by atoms with Crippen molar-refractivity contribution in [1.82, 2.24) is 4.98 Å². The standard InChI is InChI=1S/C28H31BrN2O3S/c1-4-18-12-22(29)9-8-21(18)15-34-25-10-5-17(2)11-23(25)24-16-35-28(30-24)31-13-19-6-7-20(14-31)26(19)27(32)33-3/h5,8-12,16,19-20,26H,4,6-7,13-15H2,1-3H3. The van der Waals surface area contributed by atoms with Crippen LogP contribution < -0.4 is 9.64 Å². The first-order valence-corrected chi connectivity index (χ1v) is 13.9. The van der Waals surface area contributed by atoms with Gasteiger partial charge >= 0.3 is 5.97 Å². The highest BCUT2D eigenvalue weighted by Gasteiger charge is 2.47. The van der Waals surface area contributed by atoms with Crippen molar-refractivity contribution < 1.29 is 14.3 Å². The molecule has 0 spiro atoms. The Morgan fingerprint density at radius 3 is 2.63 bits per heavy atom. The molecule has 1 aliphatic carbocycles. The summed E-state index contributed by atoms with van der Waals surface area (Å²) in [4.78, 5) is 19.7. The lowest BCUT2D eigenvalue weighted by atomic mass is 9.85. The maximum atomic E-state index is 12.3. The molecular formula is C28H31BrN2O3S. The largest absolute Gasteiger partial charge is 0.488 e. The van der Waals surface area contributed by atoms with Crippen LogP contribution in [0.1, 0.15) is 36.5 Å². The molecule has 35 heavy (non-hydrogen) atoms. The maximum Gasteiger partial charge on any atom is 0.309 e. The number of carbonyl (C=O) groups is 1. The van der Waals surface area contributed by atoms with Gasteiger partial charge in [0.15, 0.2) is 5.13 Å². The van der Waals surface area contributed by atoms with Crippen molar-refractivity contribution in [3.05, 3.63) is 62.9 Å². The second-order valence-corrected chi connectivity index (χ2v) is 11.4. The summed E-state index contributed by atoms with van der Waals surface area (Å²) < 4.78 is 12.5. The van der Waals surface area contributed by atoms with E-state index in [2.05, 4.69) is 76.5 Å². The zero-order chi connectivity index (χ0) is 24.5. The number of esters is 1. The topological polar surface area (TPSA) is 51.7 Å². The van der Waals surface area contributed by atoms with E-state index in [1.165, 1.54) is 23.8 Å². The van der Waals surface area contributed by atoms with E-state index in [0.717, 1.165) is 59.0 Å². The Hall–Kier alpha value is -2.38. The zero-order valence-electron chi connectivity index (χ0n) is 20.4. The molecule has 5 rings (SSSR count). The average Bonchev–Trinajstić information content (AvgIpc) is 3.46. The molecule has 7 heteroatoms. The number of aromatic nitrogens is 1. The molecule has 1 saturated carbocycles. The molecule has 5 nitrogen and oxygen atoms in total. The van der Waals surface area contributed by atoms with Crippen LogP contribution in [0, 0.1) is 24.7 Å². The molecule has 2 bridgehead atoms. The van der Waals surface area contributed by atoms with Crippen LogP contribution in [0.2, 0.25) is 0 Å². The van der Waals surface area contributed by atoms with Crippen LogP contribution in [0.15, 0.2) is 46.3 Å². The molecule has 2 fully saturated rings. The molecule has 3 aromatic rings. The van der Waals surface area contributed by atoms with Crippen molar-refractivity contribution in [3.8, 4) is 17.0 Å². The average molecular weight is 556 g/mol. The highest BCUT2D eigenvalue weighted by Crippen LogP contribution is 2.45. The minimum absolute atomic E-state index is 0.0408. The van der Waals surface area contributed by atoms with E-state index in [9.17, 15) is 4.79 Å². The summed E-state index contributed by atoms with van der Waals surface area (Å²) in [6, 6.07) is 12.7. The number of halogens is 1. The summed E-state index contributed by atoms with van der Waals surface area (Å²) in [6.07, 6.45) is 3.14. The first kappa shape index (κ1) is 24.3. The number of hydrogen-bond donors (Lipinski definition) is 0. The molecule has 2 aromatic carbocycles. The highest BCUT2D eigenvalue weighted by molar-refractivity contribution is 9.10. The number of methoxy groups -OCH3 is 1. The zero-order valence-corrected chi connectivity index (χ0v) is 22.8. The van der Waals surface area contributed by atoms with Crippen molar-refractivity contribution >= 4 is 38.4 Å². The Morgan fingerprint density at radius 2 is 1.91 bits per heavy atom. The van der Waals surface area contributed by atoms with Crippen molar-refractivity contribution in [2.45, 2.75) is 39.7 Å². The summed E-state index contributed by atoms with van der Waals surface area (Å²) in [5.41, 5.74) is 5.63. The Balaban J connectivity index is 1.35. The Labute approximate surface area is 219 Å². The minimum atomic E-state index is -0.0458. The van der Waals surface area contributed by atoms with Crippen molar-refractivity contribution in [2.24, 2.45) is 17.8 Å². The van der Waals surface area contributed by atoms with Gasteiger partial charge in [-0.05, 0) is 73.4 Å². The summed E-state index contributed by atoms with van der Waals surface area (Å²) in [5.74, 6) is 1.55. The number of piperidine rings is 1. The Kier molecular flexibility index (Phi) is 7.17. The Morgan fingerprint density at radius 1 is 1.14 bits per heavy atom. The minimum Gasteiger partial charge on any atom is -0.488 e. The maximum absolute atomic E-state index is 12.3. The van der Waals surface area contributed by atoms with Gasteiger partial charge in [-0.15, -0.1) is 11.3 Å². The molecule has 0 amide bonds. The SMILES string of the molecule is CCc1cc(Br)ccc1COc1ccc(C)cc1-c1csc(N2CC3CCC(C2)C3C(=O)OC)n1. The van der Waals surface area contributed by atoms with Crippen LogP contribution >= 0.6 is 27.3 Å². The normalized spacial score (nSPS) is 21.3. The lowest BCUT2D eigenvalue weighted by Crippen LogP contribution is -2.45. The fraction of sp³-hybridized carbons (Fsp3) is 0.429. The number of nitrogens with zero attached hydrogens (tertiary/aromatic N) is 2. The van der Waals surface area contributed by atoms with E-state index in [1.807, 2.05) is 0 Å². The van der Waals surface area contributed by atoms with E-state index in [1.54, 1.807) is 11.3 Å². The van der Waals surface area contributed by atoms with Gasteiger partial charge in [-0.2, -0.15) is 0 Å². The van der Waals surface area contributed by atoms with Crippen molar-refractivity contribution in [1.29, 1.82) is 0 Å². The van der Waals surface area contributed by atoms with Gasteiger partial charge in [-0.1, -0.05) is 40.5 Å². The smallest absolute Gasteiger partial charge is 0.309 e. The van der Waals surface area contributed by atoms with Crippen LogP contribution in [-0.4, -0.2) is 31.2 Å². The molecule has 2 heterocycles. The lowest BCUT2D eigenvalue weighted by Gasteiger charge is -2.36. The van der Waals surface area contributed by atoms with Crippen LogP contribution in [0.25, 0.3) is 11.3 Å². The molecule has 1 aliphatic heterocycles. The van der Waals surface area contributed by atoms with Gasteiger partial charge in [-0.3, -0.25) is 4.79 Å². The van der Waals surface area contributed by atoms with Gasteiger partial charge in [0.2, 0.25) is 0 Å². The molecule has 0 radical (unpaired) electrons. The molecular weight excluding hydrogens is 524 g/mol. The predicted octanol–water partition coefficient (Wildman–Crippen LogP) is 6.66. The first-order valence-electron chi connectivity index (χ1n) is 12.3. The van der Waals surface area contributed by atoms with Crippen molar-refractivity contribution in [3.63, 3.8) is 0 Å². The summed E-state index contributed by atoms with van der Waals surface area (Å²) >= 11 is 5.24. The number of benzene rings is 2. The number of carbonyl (C=O) groups excluding carboxylic acids is 1. The van der Waals surface area contributed by atoms with Crippen LogP contribution in [0.5, 0.6) is 5.75 Å². The number of ether oxygens (including phenoxy) is 2. The molecule has 2 unspecified atom stereocenters.